The fourth-order valence-electron chi connectivity index (χ4n) is 3.05. The molecule has 32 heavy (non-hydrogen) atoms. The molecule has 170 valence electrons. The molecule has 1 N–H and O–H groups in total. The molecule has 0 unspecified atom stereocenters. The number of nitro benzene ring substituents is 1. The predicted octanol–water partition coefficient (Wildman–Crippen LogP) is 2.42. The number of nitro groups is 1. The van der Waals surface area contributed by atoms with Crippen molar-refractivity contribution in [2.45, 2.75) is 24.8 Å². The lowest BCUT2D eigenvalue weighted by molar-refractivity contribution is -0.384. The summed E-state index contributed by atoms with van der Waals surface area (Å²) in [5.41, 5.74) is 0.00744. The number of non-ortho nitro benzene ring substituents is 1. The molecule has 0 heterocycles. The van der Waals surface area contributed by atoms with Gasteiger partial charge in [0.25, 0.3) is 5.69 Å². The van der Waals surface area contributed by atoms with Gasteiger partial charge in [-0.05, 0) is 17.2 Å². The van der Waals surface area contributed by atoms with Gasteiger partial charge in [-0.25, -0.2) is 13.6 Å². The minimum atomic E-state index is -1.39. The molecular weight excluding hydrogens is 430 g/mol. The van der Waals surface area contributed by atoms with Crippen molar-refractivity contribution in [2.75, 3.05) is 14.2 Å². The van der Waals surface area contributed by atoms with Crippen molar-refractivity contribution < 1.29 is 37.6 Å². The molecule has 0 bridgehead atoms. The smallest absolute Gasteiger partial charge is 0.329 e. The van der Waals surface area contributed by atoms with E-state index in [0.29, 0.717) is 11.6 Å². The summed E-state index contributed by atoms with van der Waals surface area (Å²) >= 11 is 0. The van der Waals surface area contributed by atoms with Crippen LogP contribution in [-0.2, 0) is 30.3 Å². The summed E-state index contributed by atoms with van der Waals surface area (Å²) in [6.45, 7) is 0. The van der Waals surface area contributed by atoms with Gasteiger partial charge in [0.15, 0.2) is 0 Å². The highest BCUT2D eigenvalue weighted by atomic mass is 19.1. The van der Waals surface area contributed by atoms with Crippen LogP contribution in [0.3, 0.4) is 0 Å². The van der Waals surface area contributed by atoms with E-state index in [9.17, 15) is 33.3 Å². The van der Waals surface area contributed by atoms with E-state index >= 15 is 0 Å². The number of hydrogen-bond donors (Lipinski definition) is 1. The van der Waals surface area contributed by atoms with Crippen LogP contribution in [0.5, 0.6) is 0 Å². The first-order valence-corrected chi connectivity index (χ1v) is 9.28. The number of halogens is 2. The van der Waals surface area contributed by atoms with Gasteiger partial charge in [-0.1, -0.05) is 18.2 Å². The molecule has 2 aromatic carbocycles. The van der Waals surface area contributed by atoms with Crippen LogP contribution in [0.25, 0.3) is 0 Å². The molecule has 2 aromatic rings. The summed E-state index contributed by atoms with van der Waals surface area (Å²) in [6.07, 6.45) is -0.871. The minimum Gasteiger partial charge on any atom is -0.469 e. The Labute approximate surface area is 181 Å². The second kappa shape index (κ2) is 10.9. The number of carbonyl (C=O) groups excluding carboxylic acids is 3. The van der Waals surface area contributed by atoms with E-state index in [-0.39, 0.29) is 17.7 Å². The molecule has 2 atom stereocenters. The molecule has 1 amide bonds. The molecule has 0 aliphatic rings. The van der Waals surface area contributed by atoms with Crippen molar-refractivity contribution in [3.05, 3.63) is 75.3 Å². The van der Waals surface area contributed by atoms with E-state index in [1.807, 2.05) is 0 Å². The zero-order valence-corrected chi connectivity index (χ0v) is 17.2. The molecule has 9 nitrogen and oxygen atoms in total. The Morgan fingerprint density at radius 1 is 1.06 bits per heavy atom. The van der Waals surface area contributed by atoms with Crippen LogP contribution in [0, 0.1) is 21.7 Å². The highest BCUT2D eigenvalue weighted by Crippen LogP contribution is 2.27. The Balaban J connectivity index is 2.34. The molecule has 0 radical (unpaired) electrons. The maximum Gasteiger partial charge on any atom is 0.329 e. The summed E-state index contributed by atoms with van der Waals surface area (Å²) in [7, 11) is 2.21. The fourth-order valence-corrected chi connectivity index (χ4v) is 3.05. The Kier molecular flexibility index (Phi) is 8.33. The van der Waals surface area contributed by atoms with Crippen molar-refractivity contribution in [2.24, 2.45) is 0 Å². The minimum absolute atomic E-state index is 0.104. The highest BCUT2D eigenvalue weighted by molar-refractivity contribution is 5.87. The van der Waals surface area contributed by atoms with Crippen molar-refractivity contribution in [3.63, 3.8) is 0 Å². The lowest BCUT2D eigenvalue weighted by Crippen LogP contribution is -2.46. The maximum atomic E-state index is 13.9. The Bertz CT molecular complexity index is 1010. The van der Waals surface area contributed by atoms with E-state index in [1.54, 1.807) is 0 Å². The molecule has 0 aliphatic carbocycles. The largest absolute Gasteiger partial charge is 0.469 e. The van der Waals surface area contributed by atoms with E-state index < -0.39 is 52.8 Å². The Morgan fingerprint density at radius 3 is 2.25 bits per heavy atom. The van der Waals surface area contributed by atoms with Crippen LogP contribution in [0.2, 0.25) is 0 Å². The average Bonchev–Trinajstić information content (AvgIpc) is 2.77. The van der Waals surface area contributed by atoms with Gasteiger partial charge < -0.3 is 14.8 Å². The highest BCUT2D eigenvalue weighted by Gasteiger charge is 2.34. The van der Waals surface area contributed by atoms with E-state index in [1.165, 1.54) is 24.3 Å². The molecule has 2 rings (SSSR count). The monoisotopic (exact) mass is 450 g/mol. The zero-order chi connectivity index (χ0) is 23.8. The average molecular weight is 450 g/mol. The van der Waals surface area contributed by atoms with Crippen LogP contribution in [-0.4, -0.2) is 43.0 Å². The Morgan fingerprint density at radius 2 is 1.72 bits per heavy atom. The first kappa shape index (κ1) is 24.4. The van der Waals surface area contributed by atoms with Crippen LogP contribution < -0.4 is 5.32 Å². The quantitative estimate of drug-likeness (QED) is 0.353. The normalized spacial score (nSPS) is 12.4. The van der Waals surface area contributed by atoms with Gasteiger partial charge in [-0.15, -0.1) is 0 Å². The summed E-state index contributed by atoms with van der Waals surface area (Å²) in [6, 6.07) is 6.36. The Hall–Kier alpha value is -3.89. The number of benzene rings is 2. The number of carbonyl (C=O) groups is 3. The van der Waals surface area contributed by atoms with Gasteiger partial charge in [0, 0.05) is 24.1 Å². The molecular formula is C21H20F2N2O7. The number of ether oxygens (including phenoxy) is 2. The van der Waals surface area contributed by atoms with Gasteiger partial charge in [0.1, 0.15) is 17.7 Å². The fraction of sp³-hybridized carbons (Fsp3) is 0.286. The van der Waals surface area contributed by atoms with Gasteiger partial charge in [-0.2, -0.15) is 0 Å². The lowest BCUT2D eigenvalue weighted by Gasteiger charge is -2.26. The van der Waals surface area contributed by atoms with Crippen molar-refractivity contribution >= 4 is 23.5 Å². The summed E-state index contributed by atoms with van der Waals surface area (Å²) in [4.78, 5) is 47.2. The number of amides is 1. The number of esters is 2. The molecule has 11 heteroatoms. The van der Waals surface area contributed by atoms with Gasteiger partial charge in [0.05, 0.1) is 32.0 Å². The zero-order valence-electron chi connectivity index (χ0n) is 17.2. The van der Waals surface area contributed by atoms with E-state index in [0.717, 1.165) is 26.4 Å². The molecule has 0 fully saturated rings. The molecule has 0 aromatic heterocycles. The molecule has 0 aliphatic heterocycles. The lowest BCUT2D eigenvalue weighted by atomic mass is 9.88. The second-order valence-corrected chi connectivity index (χ2v) is 6.72. The first-order valence-electron chi connectivity index (χ1n) is 9.28. The summed E-state index contributed by atoms with van der Waals surface area (Å²) in [5.74, 6) is -5.14. The number of nitrogens with one attached hydrogen (secondary N) is 1. The van der Waals surface area contributed by atoms with Crippen LogP contribution >= 0.6 is 0 Å². The summed E-state index contributed by atoms with van der Waals surface area (Å²) in [5, 5.41) is 13.3. The van der Waals surface area contributed by atoms with Crippen LogP contribution in [0.15, 0.2) is 42.5 Å². The third-order valence-corrected chi connectivity index (χ3v) is 4.69. The number of methoxy groups -OCH3 is 2. The number of rotatable bonds is 9. The number of hydrogen-bond acceptors (Lipinski definition) is 7. The van der Waals surface area contributed by atoms with E-state index in [2.05, 4.69) is 10.1 Å². The standard InChI is InChI=1S/C21H20F2N2O7/c1-31-19(27)11-16(12-4-7-15(8-5-12)25(29)30)20(21(28)32-2)24-18(26)9-13-3-6-14(22)10-17(13)23/h3-8,10,16,20H,9,11H2,1-2H3,(H,24,26)/t16-,20+/m1/s1. The van der Waals surface area contributed by atoms with Crippen LogP contribution in [0.1, 0.15) is 23.5 Å². The van der Waals surface area contributed by atoms with Gasteiger partial charge >= 0.3 is 11.9 Å². The SMILES string of the molecule is COC(=O)C[C@H](c1ccc([N+](=O)[O-])cc1)[C@H](NC(=O)Cc1ccc(F)cc1F)C(=O)OC. The molecule has 0 saturated heterocycles. The number of nitrogens with zero attached hydrogens (tertiary/aromatic N) is 1. The van der Waals surface area contributed by atoms with E-state index in [4.69, 9.17) is 4.74 Å². The third-order valence-electron chi connectivity index (χ3n) is 4.69. The van der Waals surface area contributed by atoms with Gasteiger partial charge in [0.2, 0.25) is 5.91 Å². The predicted molar refractivity (Wildman–Crippen MR) is 106 cm³/mol. The topological polar surface area (TPSA) is 125 Å². The van der Waals surface area contributed by atoms with Crippen molar-refractivity contribution in [1.82, 2.24) is 5.32 Å². The van der Waals surface area contributed by atoms with Crippen molar-refractivity contribution in [3.8, 4) is 0 Å². The molecule has 0 spiro atoms. The third kappa shape index (κ3) is 6.30. The van der Waals surface area contributed by atoms with Crippen molar-refractivity contribution in [1.29, 1.82) is 0 Å². The maximum absolute atomic E-state index is 13.9. The van der Waals surface area contributed by atoms with Crippen LogP contribution in [0.4, 0.5) is 14.5 Å². The summed E-state index contributed by atoms with van der Waals surface area (Å²) < 4.78 is 36.4. The van der Waals surface area contributed by atoms with Gasteiger partial charge in [-0.3, -0.25) is 19.7 Å². The molecule has 0 saturated carbocycles. The second-order valence-electron chi connectivity index (χ2n) is 6.72. The first-order chi connectivity index (χ1) is 15.2.